The third kappa shape index (κ3) is 1.68. The van der Waals surface area contributed by atoms with Crippen LogP contribution >= 0.6 is 0 Å². The van der Waals surface area contributed by atoms with Gasteiger partial charge in [-0.05, 0) is 24.6 Å². The van der Waals surface area contributed by atoms with Gasteiger partial charge in [0.15, 0.2) is 11.5 Å². The van der Waals surface area contributed by atoms with Crippen molar-refractivity contribution in [2.24, 2.45) is 5.41 Å². The average molecular weight is 246 g/mol. The predicted octanol–water partition coefficient (Wildman–Crippen LogP) is 2.71. The van der Waals surface area contributed by atoms with Gasteiger partial charge in [0, 0.05) is 24.1 Å². The van der Waals surface area contributed by atoms with E-state index < -0.39 is 0 Å². The zero-order valence-corrected chi connectivity index (χ0v) is 10.9. The van der Waals surface area contributed by atoms with Crippen molar-refractivity contribution in [2.75, 3.05) is 5.32 Å². The zero-order valence-electron chi connectivity index (χ0n) is 10.9. The first-order chi connectivity index (χ1) is 8.46. The molecule has 2 aromatic rings. The van der Waals surface area contributed by atoms with Gasteiger partial charge in [0.25, 0.3) is 0 Å². The topological polar surface area (TPSA) is 58.3 Å². The summed E-state index contributed by atoms with van der Waals surface area (Å²) in [5.41, 5.74) is 2.64. The van der Waals surface area contributed by atoms with Crippen molar-refractivity contribution in [3.05, 3.63) is 24.1 Å². The van der Waals surface area contributed by atoms with E-state index in [0.717, 1.165) is 23.2 Å². The monoisotopic (exact) mass is 246 g/mol. The van der Waals surface area contributed by atoms with Crippen LogP contribution in [0.25, 0.3) is 11.1 Å². The summed E-state index contributed by atoms with van der Waals surface area (Å²) in [6.45, 7) is 6.01. The first kappa shape index (κ1) is 11.5. The lowest BCUT2D eigenvalue weighted by molar-refractivity contribution is -0.0510. The van der Waals surface area contributed by atoms with Gasteiger partial charge in [-0.1, -0.05) is 13.8 Å². The Morgan fingerprint density at radius 1 is 1.44 bits per heavy atom. The van der Waals surface area contributed by atoms with E-state index >= 15 is 0 Å². The molecule has 1 fully saturated rings. The van der Waals surface area contributed by atoms with Gasteiger partial charge in [-0.25, -0.2) is 4.98 Å². The van der Waals surface area contributed by atoms with Gasteiger partial charge in [0.1, 0.15) is 5.52 Å². The van der Waals surface area contributed by atoms with Gasteiger partial charge >= 0.3 is 0 Å². The lowest BCUT2D eigenvalue weighted by Gasteiger charge is -2.49. The molecule has 1 aromatic heterocycles. The summed E-state index contributed by atoms with van der Waals surface area (Å²) in [6, 6.07) is 6.22. The second-order valence-electron chi connectivity index (χ2n) is 5.69. The number of benzene rings is 1. The Kier molecular flexibility index (Phi) is 2.38. The molecule has 1 aliphatic rings. The summed E-state index contributed by atoms with van der Waals surface area (Å²) in [6.07, 6.45) is 0.580. The van der Waals surface area contributed by atoms with Crippen molar-refractivity contribution < 1.29 is 9.52 Å². The molecule has 1 aromatic carbocycles. The number of oxazole rings is 1. The molecule has 1 heterocycles. The Hall–Kier alpha value is -1.55. The molecule has 2 unspecified atom stereocenters. The lowest BCUT2D eigenvalue weighted by atomic mass is 9.64. The number of nitrogens with zero attached hydrogens (tertiary/aromatic N) is 1. The van der Waals surface area contributed by atoms with Crippen LogP contribution in [0, 0.1) is 12.3 Å². The predicted molar refractivity (Wildman–Crippen MR) is 70.6 cm³/mol. The summed E-state index contributed by atoms with van der Waals surface area (Å²) in [5.74, 6) is 0.682. The van der Waals surface area contributed by atoms with Crippen molar-refractivity contribution >= 4 is 16.8 Å². The Balaban J connectivity index is 1.83. The number of aryl methyl sites for hydroxylation is 1. The molecule has 0 aliphatic heterocycles. The van der Waals surface area contributed by atoms with E-state index in [9.17, 15) is 5.11 Å². The maximum absolute atomic E-state index is 9.73. The summed E-state index contributed by atoms with van der Waals surface area (Å²) < 4.78 is 5.45. The number of aromatic nitrogens is 1. The van der Waals surface area contributed by atoms with Crippen LogP contribution in [-0.4, -0.2) is 22.2 Å². The van der Waals surface area contributed by atoms with E-state index in [1.165, 1.54) is 0 Å². The van der Waals surface area contributed by atoms with Gasteiger partial charge in [-0.15, -0.1) is 0 Å². The van der Waals surface area contributed by atoms with Crippen LogP contribution in [0.15, 0.2) is 22.6 Å². The Morgan fingerprint density at radius 2 is 2.22 bits per heavy atom. The van der Waals surface area contributed by atoms with Gasteiger partial charge < -0.3 is 14.8 Å². The smallest absolute Gasteiger partial charge is 0.192 e. The highest BCUT2D eigenvalue weighted by atomic mass is 16.3. The van der Waals surface area contributed by atoms with E-state index in [2.05, 4.69) is 24.1 Å². The van der Waals surface area contributed by atoms with Crippen LogP contribution < -0.4 is 5.32 Å². The van der Waals surface area contributed by atoms with Crippen molar-refractivity contribution in [3.63, 3.8) is 0 Å². The van der Waals surface area contributed by atoms with Crippen LogP contribution in [-0.2, 0) is 0 Å². The van der Waals surface area contributed by atoms with E-state index in [4.69, 9.17) is 4.42 Å². The number of aliphatic hydroxyl groups excluding tert-OH is 1. The molecule has 0 radical (unpaired) electrons. The average Bonchev–Trinajstić information content (AvgIpc) is 2.68. The maximum Gasteiger partial charge on any atom is 0.192 e. The van der Waals surface area contributed by atoms with Gasteiger partial charge in [-0.3, -0.25) is 0 Å². The molecule has 0 spiro atoms. The lowest BCUT2D eigenvalue weighted by Crippen LogP contribution is -2.56. The number of fused-ring (bicyclic) bond motifs is 1. The van der Waals surface area contributed by atoms with Crippen LogP contribution in [0.2, 0.25) is 0 Å². The molecule has 4 heteroatoms. The van der Waals surface area contributed by atoms with Crippen molar-refractivity contribution in [2.45, 2.75) is 39.3 Å². The maximum atomic E-state index is 9.73. The minimum absolute atomic E-state index is 0.0747. The van der Waals surface area contributed by atoms with E-state index in [0.29, 0.717) is 11.9 Å². The highest BCUT2D eigenvalue weighted by Gasteiger charge is 2.47. The minimum atomic E-state index is -0.215. The zero-order chi connectivity index (χ0) is 12.9. The largest absolute Gasteiger partial charge is 0.441 e. The second-order valence-corrected chi connectivity index (χ2v) is 5.69. The van der Waals surface area contributed by atoms with E-state index in [1.807, 2.05) is 25.1 Å². The highest BCUT2D eigenvalue weighted by molar-refractivity contribution is 5.77. The normalized spacial score (nSPS) is 26.0. The Bertz CT molecular complexity index is 588. The number of hydrogen-bond acceptors (Lipinski definition) is 4. The van der Waals surface area contributed by atoms with E-state index in [1.54, 1.807) is 0 Å². The quantitative estimate of drug-likeness (QED) is 0.855. The summed E-state index contributed by atoms with van der Waals surface area (Å²) in [5, 5.41) is 13.2. The molecule has 0 saturated heterocycles. The van der Waals surface area contributed by atoms with Gasteiger partial charge in [0.05, 0.1) is 6.10 Å². The molecule has 2 N–H and O–H groups in total. The first-order valence-corrected chi connectivity index (χ1v) is 6.28. The molecule has 18 heavy (non-hydrogen) atoms. The Morgan fingerprint density at radius 3 is 2.89 bits per heavy atom. The standard InChI is InChI=1S/C14H18N2O2/c1-8-15-10-6-9(4-5-11(10)18-8)16-12-7-13(17)14(12,2)3/h4-6,12-13,16-17H,7H2,1-3H3. The summed E-state index contributed by atoms with van der Waals surface area (Å²) in [7, 11) is 0. The first-order valence-electron chi connectivity index (χ1n) is 6.28. The van der Waals surface area contributed by atoms with Crippen molar-refractivity contribution in [1.82, 2.24) is 4.98 Å². The minimum Gasteiger partial charge on any atom is -0.441 e. The highest BCUT2D eigenvalue weighted by Crippen LogP contribution is 2.42. The number of aliphatic hydroxyl groups is 1. The van der Waals surface area contributed by atoms with E-state index in [-0.39, 0.29) is 11.5 Å². The second kappa shape index (κ2) is 3.72. The number of rotatable bonds is 2. The molecule has 96 valence electrons. The molecular formula is C14H18N2O2. The molecule has 2 atom stereocenters. The number of nitrogens with one attached hydrogen (secondary N) is 1. The van der Waals surface area contributed by atoms with Crippen LogP contribution in [0.1, 0.15) is 26.2 Å². The third-order valence-corrected chi connectivity index (χ3v) is 4.05. The SMILES string of the molecule is Cc1nc2cc(NC3CC(O)C3(C)C)ccc2o1. The van der Waals surface area contributed by atoms with Gasteiger partial charge in [-0.2, -0.15) is 0 Å². The van der Waals surface area contributed by atoms with Crippen molar-refractivity contribution in [3.8, 4) is 0 Å². The molecule has 1 saturated carbocycles. The molecular weight excluding hydrogens is 228 g/mol. The molecule has 0 amide bonds. The molecule has 3 rings (SSSR count). The van der Waals surface area contributed by atoms with Crippen LogP contribution in [0.5, 0.6) is 0 Å². The summed E-state index contributed by atoms with van der Waals surface area (Å²) >= 11 is 0. The molecule has 1 aliphatic carbocycles. The fourth-order valence-corrected chi connectivity index (χ4v) is 2.48. The fourth-order valence-electron chi connectivity index (χ4n) is 2.48. The summed E-state index contributed by atoms with van der Waals surface area (Å²) in [4.78, 5) is 4.32. The van der Waals surface area contributed by atoms with Crippen LogP contribution in [0.3, 0.4) is 0 Å². The molecule has 4 nitrogen and oxygen atoms in total. The van der Waals surface area contributed by atoms with Gasteiger partial charge in [0.2, 0.25) is 0 Å². The third-order valence-electron chi connectivity index (χ3n) is 4.05. The fraction of sp³-hybridized carbons (Fsp3) is 0.500. The van der Waals surface area contributed by atoms with Crippen LogP contribution in [0.4, 0.5) is 5.69 Å². The molecule has 0 bridgehead atoms. The number of hydrogen-bond donors (Lipinski definition) is 2. The Labute approximate surface area is 106 Å². The number of anilines is 1. The van der Waals surface area contributed by atoms with Crippen molar-refractivity contribution in [1.29, 1.82) is 0 Å².